The zero-order chi connectivity index (χ0) is 24.5. The molecule has 0 atom stereocenters. The lowest BCUT2D eigenvalue weighted by Crippen LogP contribution is -2.33. The van der Waals surface area contributed by atoms with Gasteiger partial charge in [0.2, 0.25) is 0 Å². The standard InChI is InChI=1S/C23H14Cl2O9/c1-31-16-4-9-14(6-12(16)26)33-15-7-13(27)17(32-2)5-10(15)23(9)19-18(22(30)34-23)11(24)3-8(20(19)25)21(28)29/h3-7,26-27H,1-2H3,(H,28,29). The molecule has 0 aromatic heterocycles. The van der Waals surface area contributed by atoms with Crippen molar-refractivity contribution >= 4 is 35.1 Å². The molecule has 9 nitrogen and oxygen atoms in total. The van der Waals surface area contributed by atoms with Crippen molar-refractivity contribution in [2.45, 2.75) is 5.60 Å². The van der Waals surface area contributed by atoms with Crippen LogP contribution in [-0.2, 0) is 10.3 Å². The minimum Gasteiger partial charge on any atom is -0.504 e. The molecule has 174 valence electrons. The van der Waals surface area contributed by atoms with Crippen molar-refractivity contribution in [3.8, 4) is 34.5 Å². The Morgan fingerprint density at radius 2 is 1.47 bits per heavy atom. The molecule has 34 heavy (non-hydrogen) atoms. The van der Waals surface area contributed by atoms with Crippen LogP contribution in [0.1, 0.15) is 37.4 Å². The largest absolute Gasteiger partial charge is 0.504 e. The molecule has 2 heterocycles. The van der Waals surface area contributed by atoms with E-state index in [1.165, 1.54) is 38.5 Å². The summed E-state index contributed by atoms with van der Waals surface area (Å²) in [6.07, 6.45) is 0. The molecule has 0 bridgehead atoms. The maximum Gasteiger partial charge on any atom is 0.341 e. The van der Waals surface area contributed by atoms with Gasteiger partial charge in [0.25, 0.3) is 0 Å². The smallest absolute Gasteiger partial charge is 0.341 e. The van der Waals surface area contributed by atoms with Crippen molar-refractivity contribution in [2.24, 2.45) is 0 Å². The number of benzene rings is 3. The molecule has 0 amide bonds. The number of esters is 1. The van der Waals surface area contributed by atoms with Crippen molar-refractivity contribution in [1.29, 1.82) is 0 Å². The van der Waals surface area contributed by atoms with Crippen molar-refractivity contribution in [2.75, 3.05) is 14.2 Å². The van der Waals surface area contributed by atoms with Crippen molar-refractivity contribution < 1.29 is 43.9 Å². The molecule has 3 aromatic carbocycles. The highest BCUT2D eigenvalue weighted by Crippen LogP contribution is 2.61. The summed E-state index contributed by atoms with van der Waals surface area (Å²) in [6.45, 7) is 0. The van der Waals surface area contributed by atoms with E-state index in [9.17, 15) is 24.9 Å². The average molecular weight is 505 g/mol. The number of phenols is 2. The van der Waals surface area contributed by atoms with Gasteiger partial charge in [-0.1, -0.05) is 23.2 Å². The van der Waals surface area contributed by atoms with E-state index in [2.05, 4.69) is 0 Å². The number of halogens is 2. The van der Waals surface area contributed by atoms with Gasteiger partial charge >= 0.3 is 11.9 Å². The Hall–Kier alpha value is -3.82. The molecule has 11 heteroatoms. The van der Waals surface area contributed by atoms with Crippen LogP contribution < -0.4 is 14.2 Å². The molecule has 5 rings (SSSR count). The number of ether oxygens (including phenoxy) is 4. The Morgan fingerprint density at radius 3 is 1.94 bits per heavy atom. The van der Waals surface area contributed by atoms with Crippen LogP contribution in [-0.4, -0.2) is 41.5 Å². The third-order valence-corrected chi connectivity index (χ3v) is 6.48. The SMILES string of the molecule is COc1cc2c(cc1O)Oc1cc(O)c(OC)cc1C21OC(=O)c2c(Cl)cc(C(=O)O)c(Cl)c21. The molecule has 3 aromatic rings. The van der Waals surface area contributed by atoms with Crippen LogP contribution in [0.4, 0.5) is 0 Å². The van der Waals surface area contributed by atoms with E-state index in [1.54, 1.807) is 0 Å². The number of carboxylic acids is 1. The maximum atomic E-state index is 13.1. The summed E-state index contributed by atoms with van der Waals surface area (Å²) in [4.78, 5) is 25.0. The van der Waals surface area contributed by atoms with Crippen molar-refractivity contribution in [1.82, 2.24) is 0 Å². The molecule has 0 unspecified atom stereocenters. The predicted octanol–water partition coefficient (Wildman–Crippen LogP) is 4.69. The second-order valence-corrected chi connectivity index (χ2v) is 8.27. The Labute approximate surface area is 201 Å². The zero-order valence-electron chi connectivity index (χ0n) is 17.4. The van der Waals surface area contributed by atoms with Crippen LogP contribution in [0.2, 0.25) is 10.0 Å². The number of carbonyl (C=O) groups excluding carboxylic acids is 1. The van der Waals surface area contributed by atoms with E-state index >= 15 is 0 Å². The van der Waals surface area contributed by atoms with Gasteiger partial charge in [-0.25, -0.2) is 9.59 Å². The lowest BCUT2D eigenvalue weighted by Gasteiger charge is -2.37. The molecular formula is C23H14Cl2O9. The van der Waals surface area contributed by atoms with Gasteiger partial charge < -0.3 is 34.3 Å². The molecule has 0 aliphatic carbocycles. The van der Waals surface area contributed by atoms with Crippen LogP contribution in [0, 0.1) is 0 Å². The number of aromatic hydroxyl groups is 2. The highest BCUT2D eigenvalue weighted by Gasteiger charge is 2.57. The first-order chi connectivity index (χ1) is 16.1. The van der Waals surface area contributed by atoms with E-state index in [0.29, 0.717) is 0 Å². The first-order valence-electron chi connectivity index (χ1n) is 9.64. The summed E-state index contributed by atoms with van der Waals surface area (Å²) in [5.41, 5.74) is -2.03. The lowest BCUT2D eigenvalue weighted by molar-refractivity contribution is 0.0223. The Bertz CT molecular complexity index is 1370. The van der Waals surface area contributed by atoms with Crippen LogP contribution in [0.15, 0.2) is 30.3 Å². The Morgan fingerprint density at radius 1 is 0.941 bits per heavy atom. The van der Waals surface area contributed by atoms with E-state index in [0.717, 1.165) is 6.07 Å². The second-order valence-electron chi connectivity index (χ2n) is 7.49. The molecule has 0 saturated carbocycles. The number of hydrogen-bond donors (Lipinski definition) is 3. The van der Waals surface area contributed by atoms with Gasteiger partial charge in [-0.05, 0) is 18.2 Å². The summed E-state index contributed by atoms with van der Waals surface area (Å²) >= 11 is 12.9. The van der Waals surface area contributed by atoms with Crippen LogP contribution in [0.5, 0.6) is 34.5 Å². The number of fused-ring (bicyclic) bond motifs is 6. The topological polar surface area (TPSA) is 132 Å². The minimum absolute atomic E-state index is 0.0250. The van der Waals surface area contributed by atoms with E-state index in [-0.39, 0.29) is 72.4 Å². The maximum absolute atomic E-state index is 13.1. The summed E-state index contributed by atoms with van der Waals surface area (Å²) in [7, 11) is 2.65. The molecule has 3 N–H and O–H groups in total. The first kappa shape index (κ1) is 22.0. The van der Waals surface area contributed by atoms with Crippen molar-refractivity contribution in [3.05, 3.63) is 68.2 Å². The number of phenolic OH excluding ortho intramolecular Hbond substituents is 2. The second kappa shape index (κ2) is 7.34. The number of carbonyl (C=O) groups is 2. The van der Waals surface area contributed by atoms with Gasteiger partial charge in [0, 0.05) is 17.7 Å². The quantitative estimate of drug-likeness (QED) is 0.434. The fraction of sp³-hybridized carbons (Fsp3) is 0.130. The number of methoxy groups -OCH3 is 2. The monoisotopic (exact) mass is 504 g/mol. The fourth-order valence-corrected chi connectivity index (χ4v) is 4.98. The predicted molar refractivity (Wildman–Crippen MR) is 118 cm³/mol. The van der Waals surface area contributed by atoms with E-state index < -0.39 is 17.5 Å². The molecule has 2 aliphatic heterocycles. The first-order valence-corrected chi connectivity index (χ1v) is 10.4. The molecular weight excluding hydrogens is 491 g/mol. The normalized spacial score (nSPS) is 14.5. The lowest BCUT2D eigenvalue weighted by atomic mass is 9.76. The molecule has 2 aliphatic rings. The summed E-state index contributed by atoms with van der Waals surface area (Å²) in [6, 6.07) is 6.31. The third kappa shape index (κ3) is 2.74. The van der Waals surface area contributed by atoms with Gasteiger partial charge in [-0.2, -0.15) is 0 Å². The van der Waals surface area contributed by atoms with E-state index in [4.69, 9.17) is 42.1 Å². The van der Waals surface area contributed by atoms with Gasteiger partial charge in [-0.3, -0.25) is 0 Å². The Balaban J connectivity index is 1.99. The van der Waals surface area contributed by atoms with Crippen molar-refractivity contribution in [3.63, 3.8) is 0 Å². The van der Waals surface area contributed by atoms with Gasteiger partial charge in [0.1, 0.15) is 11.5 Å². The van der Waals surface area contributed by atoms with Crippen LogP contribution in [0.3, 0.4) is 0 Å². The highest BCUT2D eigenvalue weighted by atomic mass is 35.5. The van der Waals surface area contributed by atoms with Gasteiger partial charge in [0.05, 0.1) is 46.5 Å². The zero-order valence-corrected chi connectivity index (χ0v) is 18.9. The minimum atomic E-state index is -1.87. The number of aromatic carboxylic acids is 1. The number of hydrogen-bond acceptors (Lipinski definition) is 8. The van der Waals surface area contributed by atoms with Gasteiger partial charge in [-0.15, -0.1) is 0 Å². The third-order valence-electron chi connectivity index (χ3n) is 5.79. The number of rotatable bonds is 3. The summed E-state index contributed by atoms with van der Waals surface area (Å²) < 4.78 is 22.3. The Kier molecular flexibility index (Phi) is 4.75. The van der Waals surface area contributed by atoms with Crippen LogP contribution >= 0.6 is 23.2 Å². The molecule has 0 saturated heterocycles. The van der Waals surface area contributed by atoms with Crippen LogP contribution in [0.25, 0.3) is 0 Å². The van der Waals surface area contributed by atoms with Gasteiger partial charge in [0.15, 0.2) is 28.6 Å². The summed E-state index contributed by atoms with van der Waals surface area (Å²) in [5.74, 6) is -2.64. The fourth-order valence-electron chi connectivity index (χ4n) is 4.34. The molecule has 0 radical (unpaired) electrons. The van der Waals surface area contributed by atoms with E-state index in [1.807, 2.05) is 0 Å². The summed E-state index contributed by atoms with van der Waals surface area (Å²) in [5, 5.41) is 29.9. The molecule has 0 fully saturated rings. The highest BCUT2D eigenvalue weighted by molar-refractivity contribution is 6.39. The molecule has 1 spiro atoms. The average Bonchev–Trinajstić information content (AvgIpc) is 3.09. The number of carboxylic acid groups (broad SMARTS) is 1.